The summed E-state index contributed by atoms with van der Waals surface area (Å²) in [6, 6.07) is 9.66. The standard InChI is InChI=1S/C27H31BN2/c1-14-10-21-23(12-16(14)3)29(8)26-19(6)18(5)20(7)27-25(26)28(21)22-11-15(2)17(4)13-24(22)30(27)9/h10-13H,1-9H3. The molecule has 0 unspecified atom stereocenters. The van der Waals surface area contributed by atoms with Crippen molar-refractivity contribution < 1.29 is 0 Å². The SMILES string of the molecule is Cc1cc2c(cc1C)N(C)c1c(C)c(C)c(C)c3c1B2c1cc(C)c(C)cc1N3C. The number of fused-ring (bicyclic) bond motifs is 4. The van der Waals surface area contributed by atoms with Gasteiger partial charge in [-0.05, 0) is 116 Å². The Morgan fingerprint density at radius 1 is 0.533 bits per heavy atom. The zero-order valence-electron chi connectivity index (χ0n) is 19.8. The lowest BCUT2D eigenvalue weighted by Crippen LogP contribution is -2.62. The molecule has 0 atom stereocenters. The molecule has 5 rings (SSSR count). The fraction of sp³-hybridized carbons (Fsp3) is 0.333. The lowest BCUT2D eigenvalue weighted by atomic mass is 9.33. The average Bonchev–Trinajstić information content (AvgIpc) is 2.69. The fourth-order valence-corrected chi connectivity index (χ4v) is 5.70. The van der Waals surface area contributed by atoms with Crippen molar-refractivity contribution in [1.29, 1.82) is 0 Å². The molecule has 0 spiro atoms. The Kier molecular flexibility index (Phi) is 3.97. The number of hydrogen-bond donors (Lipinski definition) is 0. The lowest BCUT2D eigenvalue weighted by Gasteiger charge is -2.44. The molecule has 3 aromatic rings. The van der Waals surface area contributed by atoms with Crippen LogP contribution in [0.25, 0.3) is 0 Å². The second-order valence-corrected chi connectivity index (χ2v) is 9.53. The van der Waals surface area contributed by atoms with Crippen LogP contribution in [0, 0.1) is 48.5 Å². The highest BCUT2D eigenvalue weighted by atomic mass is 15.2. The second-order valence-electron chi connectivity index (χ2n) is 9.53. The highest BCUT2D eigenvalue weighted by Gasteiger charge is 2.43. The van der Waals surface area contributed by atoms with Gasteiger partial charge >= 0.3 is 0 Å². The molecule has 0 fully saturated rings. The van der Waals surface area contributed by atoms with E-state index in [2.05, 4.69) is 96.6 Å². The Balaban J connectivity index is 1.98. The minimum atomic E-state index is 0.281. The number of benzene rings is 3. The van der Waals surface area contributed by atoms with Crippen LogP contribution in [0.3, 0.4) is 0 Å². The summed E-state index contributed by atoms with van der Waals surface area (Å²) in [5.41, 5.74) is 19.5. The summed E-state index contributed by atoms with van der Waals surface area (Å²) in [7, 11) is 4.49. The third-order valence-electron chi connectivity index (χ3n) is 7.94. The van der Waals surface area contributed by atoms with Gasteiger partial charge in [0.15, 0.2) is 0 Å². The van der Waals surface area contributed by atoms with E-state index in [1.165, 1.54) is 78.1 Å². The molecule has 0 amide bonds. The number of anilines is 4. The first-order chi connectivity index (χ1) is 14.1. The number of hydrogen-bond acceptors (Lipinski definition) is 2. The smallest absolute Gasteiger partial charge is 0.252 e. The molecular formula is C27H31BN2. The van der Waals surface area contributed by atoms with E-state index in [0.717, 1.165) is 0 Å². The van der Waals surface area contributed by atoms with Crippen LogP contribution in [0.1, 0.15) is 38.9 Å². The lowest BCUT2D eigenvalue weighted by molar-refractivity contribution is 1.12. The van der Waals surface area contributed by atoms with Gasteiger partial charge in [-0.2, -0.15) is 0 Å². The zero-order valence-corrected chi connectivity index (χ0v) is 19.8. The highest BCUT2D eigenvalue weighted by Crippen LogP contribution is 2.42. The van der Waals surface area contributed by atoms with E-state index < -0.39 is 0 Å². The van der Waals surface area contributed by atoms with Crippen LogP contribution in [0.15, 0.2) is 24.3 Å². The van der Waals surface area contributed by atoms with E-state index in [1.807, 2.05) is 0 Å². The molecule has 0 saturated heterocycles. The Morgan fingerprint density at radius 3 is 1.30 bits per heavy atom. The van der Waals surface area contributed by atoms with Gasteiger partial charge in [0.1, 0.15) is 0 Å². The maximum atomic E-state index is 2.44. The van der Waals surface area contributed by atoms with E-state index in [9.17, 15) is 0 Å². The van der Waals surface area contributed by atoms with E-state index in [-0.39, 0.29) is 6.71 Å². The van der Waals surface area contributed by atoms with Gasteiger partial charge in [-0.25, -0.2) is 0 Å². The molecule has 152 valence electrons. The van der Waals surface area contributed by atoms with Crippen LogP contribution in [0.5, 0.6) is 0 Å². The van der Waals surface area contributed by atoms with Gasteiger partial charge in [0.05, 0.1) is 0 Å². The quantitative estimate of drug-likeness (QED) is 0.517. The summed E-state index contributed by atoms with van der Waals surface area (Å²) >= 11 is 0. The van der Waals surface area contributed by atoms with E-state index in [4.69, 9.17) is 0 Å². The first kappa shape index (κ1) is 19.3. The average molecular weight is 394 g/mol. The van der Waals surface area contributed by atoms with E-state index in [1.54, 1.807) is 0 Å². The molecule has 2 nitrogen and oxygen atoms in total. The summed E-state index contributed by atoms with van der Waals surface area (Å²) in [4.78, 5) is 4.89. The van der Waals surface area contributed by atoms with Crippen LogP contribution < -0.4 is 26.2 Å². The largest absolute Gasteiger partial charge is 0.345 e. The maximum Gasteiger partial charge on any atom is 0.252 e. The molecule has 3 aromatic carbocycles. The van der Waals surface area contributed by atoms with E-state index >= 15 is 0 Å². The third-order valence-corrected chi connectivity index (χ3v) is 7.94. The van der Waals surface area contributed by atoms with Gasteiger partial charge in [-0.15, -0.1) is 0 Å². The Bertz CT molecular complexity index is 1160. The number of rotatable bonds is 0. The normalized spacial score (nSPS) is 14.0. The Labute approximate surface area is 181 Å². The van der Waals surface area contributed by atoms with Gasteiger partial charge in [0, 0.05) is 36.8 Å². The highest BCUT2D eigenvalue weighted by molar-refractivity contribution is 7.00. The van der Waals surface area contributed by atoms with Gasteiger partial charge in [0.2, 0.25) is 0 Å². The molecule has 0 aliphatic carbocycles. The molecule has 0 N–H and O–H groups in total. The molecule has 0 saturated carbocycles. The minimum Gasteiger partial charge on any atom is -0.345 e. The molecule has 2 aliphatic rings. The van der Waals surface area contributed by atoms with Gasteiger partial charge in [0.25, 0.3) is 6.71 Å². The van der Waals surface area contributed by atoms with Gasteiger partial charge in [-0.3, -0.25) is 0 Å². The molecule has 3 heteroatoms. The van der Waals surface area contributed by atoms with Crippen molar-refractivity contribution in [2.75, 3.05) is 23.9 Å². The maximum absolute atomic E-state index is 2.44. The zero-order chi connectivity index (χ0) is 21.6. The number of nitrogens with zero attached hydrogens (tertiary/aromatic N) is 2. The van der Waals surface area contributed by atoms with E-state index in [0.29, 0.717) is 0 Å². The summed E-state index contributed by atoms with van der Waals surface area (Å²) in [6.07, 6.45) is 0. The fourth-order valence-electron chi connectivity index (χ4n) is 5.70. The van der Waals surface area contributed by atoms with Crippen molar-refractivity contribution in [3.8, 4) is 0 Å². The predicted octanol–water partition coefficient (Wildman–Crippen LogP) is 4.52. The van der Waals surface area contributed by atoms with Crippen molar-refractivity contribution in [3.05, 3.63) is 63.2 Å². The molecule has 0 aromatic heterocycles. The van der Waals surface area contributed by atoms with Gasteiger partial charge < -0.3 is 9.80 Å². The summed E-state index contributed by atoms with van der Waals surface area (Å²) in [5, 5.41) is 0. The van der Waals surface area contributed by atoms with Crippen molar-refractivity contribution >= 4 is 45.9 Å². The minimum absolute atomic E-state index is 0.281. The number of aryl methyl sites for hydroxylation is 4. The van der Waals surface area contributed by atoms with Crippen molar-refractivity contribution in [2.45, 2.75) is 48.5 Å². The van der Waals surface area contributed by atoms with Crippen molar-refractivity contribution in [1.82, 2.24) is 0 Å². The van der Waals surface area contributed by atoms with Crippen LogP contribution in [0.4, 0.5) is 22.7 Å². The Morgan fingerprint density at radius 2 is 0.900 bits per heavy atom. The molecular weight excluding hydrogens is 363 g/mol. The first-order valence-corrected chi connectivity index (χ1v) is 11.0. The molecule has 2 aliphatic heterocycles. The molecule has 0 bridgehead atoms. The molecule has 0 radical (unpaired) electrons. The summed E-state index contributed by atoms with van der Waals surface area (Å²) in [6.45, 7) is 16.1. The third kappa shape index (κ3) is 2.27. The van der Waals surface area contributed by atoms with Gasteiger partial charge in [-0.1, -0.05) is 12.1 Å². The van der Waals surface area contributed by atoms with Crippen LogP contribution in [-0.2, 0) is 0 Å². The van der Waals surface area contributed by atoms with Crippen molar-refractivity contribution in [2.24, 2.45) is 0 Å². The van der Waals surface area contributed by atoms with Crippen LogP contribution in [-0.4, -0.2) is 20.8 Å². The van der Waals surface area contributed by atoms with Crippen LogP contribution in [0.2, 0.25) is 0 Å². The second kappa shape index (κ2) is 6.17. The molecule has 30 heavy (non-hydrogen) atoms. The monoisotopic (exact) mass is 394 g/mol. The summed E-state index contributed by atoms with van der Waals surface area (Å²) < 4.78 is 0. The first-order valence-electron chi connectivity index (χ1n) is 11.0. The Hall–Kier alpha value is -2.68. The predicted molar refractivity (Wildman–Crippen MR) is 133 cm³/mol. The summed E-state index contributed by atoms with van der Waals surface area (Å²) in [5.74, 6) is 0. The van der Waals surface area contributed by atoms with Crippen molar-refractivity contribution in [3.63, 3.8) is 0 Å². The van der Waals surface area contributed by atoms with Crippen LogP contribution >= 0.6 is 0 Å². The molecule has 2 heterocycles. The topological polar surface area (TPSA) is 6.48 Å².